The fourth-order valence-electron chi connectivity index (χ4n) is 2.93. The van der Waals surface area contributed by atoms with Crippen LogP contribution in [-0.2, 0) is 23.8 Å². The minimum Gasteiger partial charge on any atom is -0.466 e. The van der Waals surface area contributed by atoms with Gasteiger partial charge in [-0.25, -0.2) is 9.59 Å². The summed E-state index contributed by atoms with van der Waals surface area (Å²) >= 11 is 6.36. The van der Waals surface area contributed by atoms with E-state index in [0.717, 1.165) is 0 Å². The maximum atomic E-state index is 12.6. The number of hydrogen-bond acceptors (Lipinski definition) is 7. The molecule has 1 aromatic rings. The van der Waals surface area contributed by atoms with Gasteiger partial charge < -0.3 is 24.8 Å². The summed E-state index contributed by atoms with van der Waals surface area (Å²) in [5.74, 6) is -1.85. The van der Waals surface area contributed by atoms with Crippen molar-refractivity contribution in [3.05, 3.63) is 57.9 Å². The predicted molar refractivity (Wildman–Crippen MR) is 101 cm³/mol. The van der Waals surface area contributed by atoms with Crippen LogP contribution in [0, 0.1) is 0 Å². The van der Waals surface area contributed by atoms with Crippen molar-refractivity contribution >= 4 is 23.5 Å². The number of halogens is 1. The van der Waals surface area contributed by atoms with Gasteiger partial charge in [0.05, 0.1) is 37.9 Å². The van der Waals surface area contributed by atoms with E-state index < -0.39 is 17.9 Å². The number of benzene rings is 1. The predicted octanol–water partition coefficient (Wildman–Crippen LogP) is 2.18. The quantitative estimate of drug-likeness (QED) is 0.559. The highest BCUT2D eigenvalue weighted by Gasteiger charge is 2.38. The molecule has 7 nitrogen and oxygen atoms in total. The van der Waals surface area contributed by atoms with E-state index in [1.54, 1.807) is 42.3 Å². The summed E-state index contributed by atoms with van der Waals surface area (Å²) in [5, 5.41) is 0.430. The molecule has 0 saturated carbocycles. The van der Waals surface area contributed by atoms with Gasteiger partial charge in [0, 0.05) is 23.5 Å². The Morgan fingerprint density at radius 1 is 1.19 bits per heavy atom. The van der Waals surface area contributed by atoms with Crippen molar-refractivity contribution in [2.24, 2.45) is 5.73 Å². The van der Waals surface area contributed by atoms with E-state index in [9.17, 15) is 9.59 Å². The van der Waals surface area contributed by atoms with E-state index in [1.807, 2.05) is 0 Å². The first-order chi connectivity index (χ1) is 13.0. The molecule has 1 aliphatic rings. The van der Waals surface area contributed by atoms with Crippen LogP contribution < -0.4 is 5.73 Å². The summed E-state index contributed by atoms with van der Waals surface area (Å²) in [6, 6.07) is 7.03. The second-order valence-corrected chi connectivity index (χ2v) is 6.22. The molecule has 2 rings (SSSR count). The number of esters is 2. The topological polar surface area (TPSA) is 91.1 Å². The molecule has 146 valence electrons. The van der Waals surface area contributed by atoms with Gasteiger partial charge in [0.2, 0.25) is 0 Å². The molecular weight excluding hydrogens is 372 g/mol. The maximum Gasteiger partial charge on any atom is 0.336 e. The van der Waals surface area contributed by atoms with Gasteiger partial charge in [-0.1, -0.05) is 29.8 Å². The monoisotopic (exact) mass is 394 g/mol. The van der Waals surface area contributed by atoms with Crippen LogP contribution >= 0.6 is 11.6 Å². The lowest BCUT2D eigenvalue weighted by Gasteiger charge is -2.34. The molecule has 0 spiro atoms. The first-order valence-electron chi connectivity index (χ1n) is 8.34. The molecule has 2 N–H and O–H groups in total. The van der Waals surface area contributed by atoms with Gasteiger partial charge >= 0.3 is 11.9 Å². The molecule has 1 aliphatic heterocycles. The third-order valence-corrected chi connectivity index (χ3v) is 4.59. The summed E-state index contributed by atoms with van der Waals surface area (Å²) in [6.07, 6.45) is 1.61. The van der Waals surface area contributed by atoms with Crippen LogP contribution in [0.1, 0.15) is 18.4 Å². The smallest absolute Gasteiger partial charge is 0.336 e. The third kappa shape index (κ3) is 4.50. The maximum absolute atomic E-state index is 12.6. The molecule has 0 aromatic heterocycles. The summed E-state index contributed by atoms with van der Waals surface area (Å²) in [6.45, 7) is 2.58. The number of nitrogens with zero attached hydrogens (tertiary/aromatic N) is 1. The molecule has 0 radical (unpaired) electrons. The lowest BCUT2D eigenvalue weighted by atomic mass is 9.81. The average molecular weight is 395 g/mol. The van der Waals surface area contributed by atoms with Crippen LogP contribution in [0.2, 0.25) is 5.02 Å². The molecule has 27 heavy (non-hydrogen) atoms. The third-order valence-electron chi connectivity index (χ3n) is 4.25. The highest BCUT2D eigenvalue weighted by atomic mass is 35.5. The second-order valence-electron chi connectivity index (χ2n) is 5.82. The van der Waals surface area contributed by atoms with Crippen LogP contribution in [-0.4, -0.2) is 50.9 Å². The molecule has 1 atom stereocenters. The normalized spacial score (nSPS) is 16.9. The number of hydrogen-bond donors (Lipinski definition) is 1. The number of methoxy groups -OCH3 is 2. The zero-order valence-electron chi connectivity index (χ0n) is 15.5. The van der Waals surface area contributed by atoms with E-state index in [0.29, 0.717) is 35.0 Å². The number of nitrogens with two attached hydrogens (primary N) is 1. The summed E-state index contributed by atoms with van der Waals surface area (Å²) < 4.78 is 15.4. The fraction of sp³-hybridized carbons (Fsp3) is 0.368. The van der Waals surface area contributed by atoms with Crippen LogP contribution in [0.15, 0.2) is 47.3 Å². The highest BCUT2D eigenvalue weighted by molar-refractivity contribution is 6.31. The van der Waals surface area contributed by atoms with Gasteiger partial charge in [-0.15, -0.1) is 0 Å². The van der Waals surface area contributed by atoms with Gasteiger partial charge in [-0.05, 0) is 18.6 Å². The summed E-state index contributed by atoms with van der Waals surface area (Å²) in [4.78, 5) is 26.8. The molecule has 0 bridgehead atoms. The minimum atomic E-state index is -0.718. The Balaban J connectivity index is 2.62. The molecule has 1 unspecified atom stereocenters. The van der Waals surface area contributed by atoms with Crippen molar-refractivity contribution in [2.75, 3.05) is 34.1 Å². The Hall–Kier alpha value is -2.35. The van der Waals surface area contributed by atoms with Crippen LogP contribution in [0.25, 0.3) is 0 Å². The van der Waals surface area contributed by atoms with Gasteiger partial charge in [-0.2, -0.15) is 0 Å². The second kappa shape index (κ2) is 9.55. The SMILES string of the molecule is COC(=O)C1=CN(COCCN)C(C)=C(C(=O)OC)C1c1ccccc1Cl. The van der Waals surface area contributed by atoms with Crippen molar-refractivity contribution in [2.45, 2.75) is 12.8 Å². The van der Waals surface area contributed by atoms with Gasteiger partial charge in [0.1, 0.15) is 6.73 Å². The lowest BCUT2D eigenvalue weighted by molar-refractivity contribution is -0.137. The average Bonchev–Trinajstić information content (AvgIpc) is 2.68. The number of rotatable bonds is 7. The molecule has 0 amide bonds. The van der Waals surface area contributed by atoms with Crippen LogP contribution in [0.4, 0.5) is 0 Å². The molecule has 1 heterocycles. The first-order valence-corrected chi connectivity index (χ1v) is 8.72. The van der Waals surface area contributed by atoms with Gasteiger partial charge in [0.25, 0.3) is 0 Å². The molecule has 0 saturated heterocycles. The zero-order valence-corrected chi connectivity index (χ0v) is 16.3. The highest BCUT2D eigenvalue weighted by Crippen LogP contribution is 2.42. The zero-order chi connectivity index (χ0) is 20.0. The van der Waals surface area contributed by atoms with Crippen molar-refractivity contribution < 1.29 is 23.8 Å². The Kier molecular flexibility index (Phi) is 7.41. The Morgan fingerprint density at radius 3 is 2.44 bits per heavy atom. The molecule has 0 aliphatic carbocycles. The number of carbonyl (C=O) groups is 2. The van der Waals surface area contributed by atoms with E-state index in [1.165, 1.54) is 14.2 Å². The van der Waals surface area contributed by atoms with Crippen LogP contribution in [0.3, 0.4) is 0 Å². The summed E-state index contributed by atoms with van der Waals surface area (Å²) in [5.41, 5.74) is 7.21. The van der Waals surface area contributed by atoms with Crippen LogP contribution in [0.5, 0.6) is 0 Å². The van der Waals surface area contributed by atoms with Crippen molar-refractivity contribution in [1.29, 1.82) is 0 Å². The fourth-order valence-corrected chi connectivity index (χ4v) is 3.18. The lowest BCUT2D eigenvalue weighted by Crippen LogP contribution is -2.33. The van der Waals surface area contributed by atoms with E-state index >= 15 is 0 Å². The van der Waals surface area contributed by atoms with Crippen molar-refractivity contribution in [3.8, 4) is 0 Å². The minimum absolute atomic E-state index is 0.124. The standard InChI is InChI=1S/C19H23ClN2O5/c1-12-16(19(24)26-3)17(13-6-4-5-7-15(13)20)14(18(23)25-2)10-22(12)11-27-9-8-21/h4-7,10,17H,8-9,11,21H2,1-3H3. The summed E-state index contributed by atoms with van der Waals surface area (Å²) in [7, 11) is 2.57. The molecular formula is C19H23ClN2O5. The molecule has 1 aromatic carbocycles. The largest absolute Gasteiger partial charge is 0.466 e. The van der Waals surface area contributed by atoms with Crippen molar-refractivity contribution in [1.82, 2.24) is 4.90 Å². The Labute approximate surface area is 163 Å². The molecule has 8 heteroatoms. The number of allylic oxidation sites excluding steroid dienone is 1. The first kappa shape index (κ1) is 21.0. The Morgan fingerprint density at radius 2 is 1.85 bits per heavy atom. The Bertz CT molecular complexity index is 775. The molecule has 0 fully saturated rings. The van der Waals surface area contributed by atoms with E-state index in [4.69, 9.17) is 31.5 Å². The van der Waals surface area contributed by atoms with Gasteiger partial charge in [-0.3, -0.25) is 0 Å². The van der Waals surface area contributed by atoms with E-state index in [-0.39, 0.29) is 12.3 Å². The van der Waals surface area contributed by atoms with Crippen molar-refractivity contribution in [3.63, 3.8) is 0 Å². The van der Waals surface area contributed by atoms with Gasteiger partial charge in [0.15, 0.2) is 0 Å². The number of carbonyl (C=O) groups excluding carboxylic acids is 2. The van der Waals surface area contributed by atoms with E-state index in [2.05, 4.69) is 0 Å². The number of ether oxygens (including phenoxy) is 3.